The molecule has 1 saturated heterocycles. The van der Waals surface area contributed by atoms with E-state index in [-0.39, 0.29) is 16.7 Å². The lowest BCUT2D eigenvalue weighted by atomic mass is 10.1. The Morgan fingerprint density at radius 2 is 1.59 bits per heavy atom. The fourth-order valence-electron chi connectivity index (χ4n) is 3.29. The summed E-state index contributed by atoms with van der Waals surface area (Å²) < 4.78 is 7.07. The maximum Gasteiger partial charge on any atom is 0.308 e. The number of aromatic nitrogens is 1. The van der Waals surface area contributed by atoms with E-state index in [0.29, 0.717) is 5.75 Å². The third-order valence-electron chi connectivity index (χ3n) is 4.77. The highest BCUT2D eigenvalue weighted by Gasteiger charge is 2.35. The van der Waals surface area contributed by atoms with E-state index in [9.17, 15) is 14.4 Å². The molecule has 0 N–H and O–H groups in total. The number of benzene rings is 1. The number of esters is 1. The highest BCUT2D eigenvalue weighted by molar-refractivity contribution is 7.80. The summed E-state index contributed by atoms with van der Waals surface area (Å²) in [4.78, 5) is 38.8. The number of aryl methyl sites for hydroxylation is 1. The number of rotatable bonds is 3. The van der Waals surface area contributed by atoms with E-state index in [4.69, 9.17) is 17.0 Å². The van der Waals surface area contributed by atoms with Crippen LogP contribution in [-0.2, 0) is 14.4 Å². The molecule has 1 aromatic carbocycles. The topological polar surface area (TPSA) is 71.8 Å². The molecular weight excluding hydrogens is 390 g/mol. The smallest absolute Gasteiger partial charge is 0.308 e. The molecule has 0 aliphatic carbocycles. The Bertz CT molecular complexity index is 1040. The minimum absolute atomic E-state index is 0.0639. The Balaban J connectivity index is 2.01. The molecule has 1 aliphatic rings. The first-order chi connectivity index (χ1) is 13.6. The van der Waals surface area contributed by atoms with Gasteiger partial charge in [-0.1, -0.05) is 0 Å². The first-order valence-electron chi connectivity index (χ1n) is 8.91. The van der Waals surface area contributed by atoms with Crippen molar-refractivity contribution in [3.8, 4) is 11.4 Å². The predicted octanol–water partition coefficient (Wildman–Crippen LogP) is 2.62. The molecule has 2 amide bonds. The van der Waals surface area contributed by atoms with E-state index in [1.807, 2.05) is 36.6 Å². The van der Waals surface area contributed by atoms with Gasteiger partial charge in [-0.3, -0.25) is 24.2 Å². The van der Waals surface area contributed by atoms with Crippen LogP contribution in [0.25, 0.3) is 11.8 Å². The monoisotopic (exact) mass is 411 g/mol. The average Bonchev–Trinajstić information content (AvgIpc) is 2.95. The summed E-state index contributed by atoms with van der Waals surface area (Å²) in [6, 6.07) is 9.02. The second-order valence-corrected chi connectivity index (χ2v) is 7.18. The summed E-state index contributed by atoms with van der Waals surface area (Å²) in [7, 11) is 3.10. The maximum absolute atomic E-state index is 12.6. The van der Waals surface area contributed by atoms with Crippen molar-refractivity contribution in [3.05, 3.63) is 52.9 Å². The Hall–Kier alpha value is -3.26. The molecule has 1 aliphatic heterocycles. The van der Waals surface area contributed by atoms with E-state index in [1.54, 1.807) is 32.3 Å². The normalized spacial score (nSPS) is 14.5. The van der Waals surface area contributed by atoms with Crippen LogP contribution in [0.4, 0.5) is 0 Å². The lowest BCUT2D eigenvalue weighted by Crippen LogP contribution is -2.52. The van der Waals surface area contributed by atoms with E-state index in [1.165, 1.54) is 16.7 Å². The first-order valence-corrected chi connectivity index (χ1v) is 9.32. The van der Waals surface area contributed by atoms with Crippen molar-refractivity contribution in [2.75, 3.05) is 14.1 Å². The maximum atomic E-state index is 12.6. The average molecular weight is 411 g/mol. The van der Waals surface area contributed by atoms with Gasteiger partial charge in [0, 0.05) is 38.1 Å². The number of hydrogen-bond donors (Lipinski definition) is 0. The van der Waals surface area contributed by atoms with Crippen molar-refractivity contribution in [2.24, 2.45) is 0 Å². The molecule has 1 fully saturated rings. The lowest BCUT2D eigenvalue weighted by Gasteiger charge is -2.31. The molecule has 0 bridgehead atoms. The lowest BCUT2D eigenvalue weighted by molar-refractivity contribution is -0.133. The molecule has 3 rings (SSSR count). The number of carbonyl (C=O) groups excluding carboxylic acids is 3. The van der Waals surface area contributed by atoms with Gasteiger partial charge in [0.1, 0.15) is 11.3 Å². The van der Waals surface area contributed by atoms with E-state index < -0.39 is 11.8 Å². The van der Waals surface area contributed by atoms with E-state index in [2.05, 4.69) is 0 Å². The SMILES string of the molecule is CC(=O)Oc1ccc(-n2c(C)cc(C=C3C(=O)N(C)C(=S)N(C)C3=O)c2C)cc1. The fourth-order valence-corrected chi connectivity index (χ4v) is 3.46. The van der Waals surface area contributed by atoms with Gasteiger partial charge >= 0.3 is 5.97 Å². The quantitative estimate of drug-likeness (QED) is 0.255. The number of thiocarbonyl (C=S) groups is 1. The Morgan fingerprint density at radius 3 is 2.10 bits per heavy atom. The van der Waals surface area contributed by atoms with Crippen LogP contribution in [0, 0.1) is 13.8 Å². The molecule has 0 spiro atoms. The number of likely N-dealkylation sites (N-methyl/N-ethyl adjacent to an activating group) is 2. The summed E-state index contributed by atoms with van der Waals surface area (Å²) in [5.74, 6) is -0.759. The van der Waals surface area contributed by atoms with Crippen LogP contribution >= 0.6 is 12.2 Å². The fraction of sp³-hybridized carbons (Fsp3) is 0.238. The van der Waals surface area contributed by atoms with Crippen LogP contribution in [-0.4, -0.2) is 51.4 Å². The minimum Gasteiger partial charge on any atom is -0.427 e. The molecule has 8 heteroatoms. The van der Waals surface area contributed by atoms with Gasteiger partial charge in [0.2, 0.25) is 0 Å². The van der Waals surface area contributed by atoms with Gasteiger partial charge in [0.05, 0.1) is 0 Å². The van der Waals surface area contributed by atoms with Gasteiger partial charge in [-0.2, -0.15) is 0 Å². The summed E-state index contributed by atoms with van der Waals surface area (Å²) in [6.07, 6.45) is 1.60. The molecule has 150 valence electrons. The van der Waals surface area contributed by atoms with Crippen molar-refractivity contribution < 1.29 is 19.1 Å². The van der Waals surface area contributed by atoms with Gasteiger partial charge in [0.25, 0.3) is 11.8 Å². The standard InChI is InChI=1S/C21H21N3O4S/c1-12-10-15(11-18-19(26)22(4)21(29)23(5)20(18)27)13(2)24(12)16-6-8-17(9-7-16)28-14(3)25/h6-11H,1-5H3. The number of amides is 2. The third kappa shape index (κ3) is 3.71. The summed E-state index contributed by atoms with van der Waals surface area (Å²) >= 11 is 5.12. The van der Waals surface area contributed by atoms with Crippen LogP contribution in [0.5, 0.6) is 5.75 Å². The summed E-state index contributed by atoms with van der Waals surface area (Å²) in [5.41, 5.74) is 3.50. The van der Waals surface area contributed by atoms with Gasteiger partial charge in [-0.05, 0) is 68.0 Å². The van der Waals surface area contributed by atoms with Crippen LogP contribution in [0.15, 0.2) is 35.9 Å². The molecule has 0 unspecified atom stereocenters. The molecule has 2 heterocycles. The predicted molar refractivity (Wildman–Crippen MR) is 113 cm³/mol. The summed E-state index contributed by atoms with van der Waals surface area (Å²) in [6.45, 7) is 5.20. The van der Waals surface area contributed by atoms with Gasteiger partial charge in [0.15, 0.2) is 5.11 Å². The van der Waals surface area contributed by atoms with Crippen molar-refractivity contribution in [3.63, 3.8) is 0 Å². The van der Waals surface area contributed by atoms with Crippen molar-refractivity contribution in [1.82, 2.24) is 14.4 Å². The molecule has 7 nitrogen and oxygen atoms in total. The number of hydrogen-bond acceptors (Lipinski definition) is 5. The molecular formula is C21H21N3O4S. The Morgan fingerprint density at radius 1 is 1.03 bits per heavy atom. The van der Waals surface area contributed by atoms with Crippen LogP contribution in [0.1, 0.15) is 23.9 Å². The van der Waals surface area contributed by atoms with Crippen molar-refractivity contribution in [1.29, 1.82) is 0 Å². The minimum atomic E-state index is -0.423. The van der Waals surface area contributed by atoms with Gasteiger partial charge in [-0.15, -0.1) is 0 Å². The van der Waals surface area contributed by atoms with Gasteiger partial charge in [-0.25, -0.2) is 0 Å². The zero-order valence-corrected chi connectivity index (χ0v) is 17.7. The molecule has 29 heavy (non-hydrogen) atoms. The molecule has 1 aromatic heterocycles. The summed E-state index contributed by atoms with van der Waals surface area (Å²) in [5, 5.41) is 0.176. The molecule has 0 radical (unpaired) electrons. The number of ether oxygens (including phenoxy) is 1. The van der Waals surface area contributed by atoms with Crippen molar-refractivity contribution in [2.45, 2.75) is 20.8 Å². The molecule has 0 atom stereocenters. The Kier molecular flexibility index (Phi) is 5.39. The van der Waals surface area contributed by atoms with E-state index >= 15 is 0 Å². The number of carbonyl (C=O) groups is 3. The van der Waals surface area contributed by atoms with Crippen molar-refractivity contribution >= 4 is 41.2 Å². The Labute approximate surface area is 174 Å². The zero-order chi connectivity index (χ0) is 21.5. The molecule has 0 saturated carbocycles. The van der Waals surface area contributed by atoms with E-state index in [0.717, 1.165) is 22.6 Å². The molecule has 2 aromatic rings. The number of nitrogens with zero attached hydrogens (tertiary/aromatic N) is 3. The van der Waals surface area contributed by atoms with Crippen LogP contribution in [0.2, 0.25) is 0 Å². The van der Waals surface area contributed by atoms with Crippen LogP contribution in [0.3, 0.4) is 0 Å². The van der Waals surface area contributed by atoms with Crippen LogP contribution < -0.4 is 4.74 Å². The first kappa shape index (κ1) is 20.5. The highest BCUT2D eigenvalue weighted by atomic mass is 32.1. The highest BCUT2D eigenvalue weighted by Crippen LogP contribution is 2.26. The largest absolute Gasteiger partial charge is 0.427 e. The second kappa shape index (κ2) is 7.63. The second-order valence-electron chi connectivity index (χ2n) is 6.82. The van der Waals surface area contributed by atoms with Gasteiger partial charge < -0.3 is 9.30 Å². The zero-order valence-electron chi connectivity index (χ0n) is 16.8. The third-order valence-corrected chi connectivity index (χ3v) is 5.32.